The minimum atomic E-state index is -0.569. The van der Waals surface area contributed by atoms with Crippen molar-refractivity contribution in [2.75, 3.05) is 4.90 Å². The maximum absolute atomic E-state index is 12.1. The van der Waals surface area contributed by atoms with Crippen LogP contribution in [0.25, 0.3) is 0 Å². The number of halogens is 3. The van der Waals surface area contributed by atoms with Gasteiger partial charge >= 0.3 is 0 Å². The van der Waals surface area contributed by atoms with Crippen LogP contribution >= 0.6 is 34.8 Å². The van der Waals surface area contributed by atoms with Crippen molar-refractivity contribution in [3.8, 4) is 0 Å². The molecule has 1 saturated heterocycles. The van der Waals surface area contributed by atoms with Gasteiger partial charge in [-0.05, 0) is 35.9 Å². The molecule has 1 heterocycles. The number of hydrogen-bond acceptors (Lipinski definition) is 2. The highest BCUT2D eigenvalue weighted by molar-refractivity contribution is 6.42. The van der Waals surface area contributed by atoms with Gasteiger partial charge in [0.15, 0.2) is 0 Å². The maximum atomic E-state index is 12.1. The lowest BCUT2D eigenvalue weighted by Gasteiger charge is -2.45. The second-order valence-corrected chi connectivity index (χ2v) is 6.08. The molecule has 3 rings (SSSR count). The Kier molecular flexibility index (Phi) is 3.84. The van der Waals surface area contributed by atoms with Gasteiger partial charge in [-0.3, -0.25) is 4.79 Å². The van der Waals surface area contributed by atoms with Gasteiger partial charge in [0.2, 0.25) is 5.91 Å². The van der Waals surface area contributed by atoms with Crippen LogP contribution in [-0.4, -0.2) is 11.9 Å². The van der Waals surface area contributed by atoms with E-state index in [9.17, 15) is 4.79 Å². The first-order valence-corrected chi connectivity index (χ1v) is 7.41. The molecule has 0 bridgehead atoms. The first-order chi connectivity index (χ1) is 9.99. The first kappa shape index (κ1) is 14.7. The second-order valence-electron chi connectivity index (χ2n) is 4.83. The molecule has 0 unspecified atom stereocenters. The van der Waals surface area contributed by atoms with Crippen molar-refractivity contribution in [2.24, 2.45) is 5.73 Å². The molecule has 0 aromatic heterocycles. The molecule has 0 saturated carbocycles. The van der Waals surface area contributed by atoms with Crippen molar-refractivity contribution >= 4 is 46.4 Å². The van der Waals surface area contributed by atoms with Crippen molar-refractivity contribution in [2.45, 2.75) is 12.1 Å². The third-order valence-corrected chi connectivity index (χ3v) is 4.52. The van der Waals surface area contributed by atoms with Crippen LogP contribution in [0.2, 0.25) is 15.1 Å². The molecule has 2 atom stereocenters. The summed E-state index contributed by atoms with van der Waals surface area (Å²) in [6.07, 6.45) is 0. The maximum Gasteiger partial charge on any atom is 0.247 e. The predicted molar refractivity (Wildman–Crippen MR) is 86.1 cm³/mol. The molecule has 3 nitrogen and oxygen atoms in total. The van der Waals surface area contributed by atoms with E-state index in [4.69, 9.17) is 40.5 Å². The zero-order chi connectivity index (χ0) is 15.1. The Balaban J connectivity index is 1.98. The lowest BCUT2D eigenvalue weighted by molar-refractivity contribution is -0.126. The van der Waals surface area contributed by atoms with Crippen molar-refractivity contribution in [1.82, 2.24) is 0 Å². The van der Waals surface area contributed by atoms with Crippen molar-refractivity contribution in [3.63, 3.8) is 0 Å². The normalized spacial score (nSPS) is 21.3. The topological polar surface area (TPSA) is 46.3 Å². The summed E-state index contributed by atoms with van der Waals surface area (Å²) >= 11 is 17.8. The minimum absolute atomic E-state index is 0.145. The third-order valence-electron chi connectivity index (χ3n) is 3.53. The van der Waals surface area contributed by atoms with Gasteiger partial charge < -0.3 is 10.6 Å². The van der Waals surface area contributed by atoms with Gasteiger partial charge in [0.05, 0.1) is 16.1 Å². The highest BCUT2D eigenvalue weighted by Crippen LogP contribution is 2.40. The van der Waals surface area contributed by atoms with Crippen molar-refractivity contribution in [1.29, 1.82) is 0 Å². The van der Waals surface area contributed by atoms with E-state index in [1.807, 2.05) is 12.1 Å². The largest absolute Gasteiger partial charge is 0.318 e. The molecule has 21 heavy (non-hydrogen) atoms. The van der Waals surface area contributed by atoms with Crippen LogP contribution in [0.1, 0.15) is 11.6 Å². The molecule has 6 heteroatoms. The highest BCUT2D eigenvalue weighted by atomic mass is 35.5. The molecule has 2 aromatic rings. The average molecular weight is 342 g/mol. The molecule has 1 amide bonds. The molecule has 1 aliphatic rings. The monoisotopic (exact) mass is 340 g/mol. The number of carbonyl (C=O) groups is 1. The fourth-order valence-corrected chi connectivity index (χ4v) is 2.87. The SMILES string of the molecule is N[C@H]1C(=O)N(c2ccc(Cl)c(Cl)c2)[C@H]1c1ccc(Cl)cc1. The summed E-state index contributed by atoms with van der Waals surface area (Å²) in [7, 11) is 0. The molecule has 1 aliphatic heterocycles. The van der Waals surface area contributed by atoms with E-state index >= 15 is 0 Å². The summed E-state index contributed by atoms with van der Waals surface area (Å²) in [6, 6.07) is 11.6. The predicted octanol–water partition coefficient (Wildman–Crippen LogP) is 4.06. The Labute approximate surface area is 137 Å². The molecular formula is C15H11Cl3N2O. The number of nitrogens with zero attached hydrogens (tertiary/aromatic N) is 1. The summed E-state index contributed by atoms with van der Waals surface area (Å²) in [5.41, 5.74) is 7.55. The van der Waals surface area contributed by atoms with Gasteiger partial charge in [-0.25, -0.2) is 0 Å². The van der Waals surface area contributed by atoms with E-state index in [1.165, 1.54) is 0 Å². The zero-order valence-electron chi connectivity index (χ0n) is 10.8. The van der Waals surface area contributed by atoms with Crippen LogP contribution in [0, 0.1) is 0 Å². The van der Waals surface area contributed by atoms with Crippen LogP contribution in [0.5, 0.6) is 0 Å². The van der Waals surface area contributed by atoms with E-state index < -0.39 is 6.04 Å². The van der Waals surface area contributed by atoms with Gasteiger partial charge in [-0.15, -0.1) is 0 Å². The van der Waals surface area contributed by atoms with Gasteiger partial charge in [0.25, 0.3) is 0 Å². The number of benzene rings is 2. The van der Waals surface area contributed by atoms with Crippen LogP contribution < -0.4 is 10.6 Å². The lowest BCUT2D eigenvalue weighted by atomic mass is 9.88. The smallest absolute Gasteiger partial charge is 0.247 e. The average Bonchev–Trinajstić information content (AvgIpc) is 2.48. The van der Waals surface area contributed by atoms with Crippen LogP contribution in [-0.2, 0) is 4.79 Å². The molecule has 0 spiro atoms. The molecule has 0 aliphatic carbocycles. The molecule has 0 radical (unpaired) electrons. The standard InChI is InChI=1S/C15H11Cl3N2O/c16-9-3-1-8(2-4-9)14-13(19)15(21)20(14)10-5-6-11(17)12(18)7-10/h1-7,13-14H,19H2/t13-,14+/m1/s1. The number of carbonyl (C=O) groups excluding carboxylic acids is 1. The Morgan fingerprint density at radius 1 is 0.952 bits per heavy atom. The molecule has 108 valence electrons. The Morgan fingerprint density at radius 2 is 1.62 bits per heavy atom. The van der Waals surface area contributed by atoms with E-state index in [0.717, 1.165) is 5.56 Å². The third kappa shape index (κ3) is 2.51. The number of hydrogen-bond donors (Lipinski definition) is 1. The van der Waals surface area contributed by atoms with Crippen molar-refractivity contribution < 1.29 is 4.79 Å². The van der Waals surface area contributed by atoms with E-state index in [1.54, 1.807) is 35.2 Å². The quantitative estimate of drug-likeness (QED) is 0.837. The number of nitrogens with two attached hydrogens (primary N) is 1. The Morgan fingerprint density at radius 3 is 2.24 bits per heavy atom. The number of rotatable bonds is 2. The fraction of sp³-hybridized carbons (Fsp3) is 0.133. The Hall–Kier alpha value is -1.26. The van der Waals surface area contributed by atoms with E-state index in [0.29, 0.717) is 20.8 Å². The van der Waals surface area contributed by atoms with E-state index in [-0.39, 0.29) is 11.9 Å². The fourth-order valence-electron chi connectivity index (χ4n) is 2.45. The molecular weight excluding hydrogens is 331 g/mol. The summed E-state index contributed by atoms with van der Waals surface area (Å²) in [5.74, 6) is -0.145. The van der Waals surface area contributed by atoms with E-state index in [2.05, 4.69) is 0 Å². The van der Waals surface area contributed by atoms with Gasteiger partial charge in [0.1, 0.15) is 6.04 Å². The second kappa shape index (κ2) is 5.50. The summed E-state index contributed by atoms with van der Waals surface area (Å²) in [6.45, 7) is 0. The number of amides is 1. The van der Waals surface area contributed by atoms with Crippen molar-refractivity contribution in [3.05, 3.63) is 63.1 Å². The summed E-state index contributed by atoms with van der Waals surface area (Å²) in [4.78, 5) is 13.7. The molecule has 2 aromatic carbocycles. The Bertz CT molecular complexity index is 703. The minimum Gasteiger partial charge on any atom is -0.318 e. The van der Waals surface area contributed by atoms with Gasteiger partial charge in [-0.2, -0.15) is 0 Å². The number of β-lactam (4-membered cyclic amide) rings is 1. The molecule has 2 N–H and O–H groups in total. The van der Waals surface area contributed by atoms with Gasteiger partial charge in [0, 0.05) is 10.7 Å². The first-order valence-electron chi connectivity index (χ1n) is 6.28. The lowest BCUT2D eigenvalue weighted by Crippen LogP contribution is -2.63. The highest BCUT2D eigenvalue weighted by Gasteiger charge is 2.46. The molecule has 1 fully saturated rings. The summed E-state index contributed by atoms with van der Waals surface area (Å²) < 4.78 is 0. The number of anilines is 1. The summed E-state index contributed by atoms with van der Waals surface area (Å²) in [5, 5.41) is 1.48. The zero-order valence-corrected chi connectivity index (χ0v) is 13.0. The van der Waals surface area contributed by atoms with Crippen LogP contribution in [0.15, 0.2) is 42.5 Å². The van der Waals surface area contributed by atoms with Gasteiger partial charge in [-0.1, -0.05) is 46.9 Å². The van der Waals surface area contributed by atoms with Crippen LogP contribution in [0.4, 0.5) is 5.69 Å². The van der Waals surface area contributed by atoms with Crippen LogP contribution in [0.3, 0.4) is 0 Å².